The number of likely N-dealkylation sites (N-methyl/N-ethyl adjacent to an activating group) is 1. The number of carbonyl (C=O) groups excluding carboxylic acids is 2. The Labute approximate surface area is 326 Å². The first kappa shape index (κ1) is 50.8. The quantitative estimate of drug-likeness (QED) is 0.0289. The number of carboxylic acids is 1. The van der Waals surface area contributed by atoms with Crippen LogP contribution < -0.4 is 0 Å². The third kappa shape index (κ3) is 35.3. The Hall–Kier alpha value is -2.19. The number of esters is 2. The molecule has 310 valence electrons. The van der Waals surface area contributed by atoms with E-state index in [9.17, 15) is 19.5 Å². The third-order valence-electron chi connectivity index (χ3n) is 9.82. The number of allylic oxidation sites excluding steroid dienone is 4. The fraction of sp³-hybridized carbons (Fsp3) is 0.844. The zero-order chi connectivity index (χ0) is 39.3. The van der Waals surface area contributed by atoms with Crippen LogP contribution >= 0.6 is 0 Å². The summed E-state index contributed by atoms with van der Waals surface area (Å²) in [7, 11) is 5.51. The number of carbonyl (C=O) groups is 3. The molecule has 0 amide bonds. The zero-order valence-electron chi connectivity index (χ0n) is 35.2. The van der Waals surface area contributed by atoms with E-state index in [0.29, 0.717) is 19.3 Å². The number of rotatable bonds is 39. The van der Waals surface area contributed by atoms with Crippen LogP contribution in [0.4, 0.5) is 0 Å². The van der Waals surface area contributed by atoms with Crippen LogP contribution in [-0.4, -0.2) is 80.6 Å². The number of hydrogen-bond donors (Lipinski definition) is 1. The molecular formula is C45H84NO7+. The summed E-state index contributed by atoms with van der Waals surface area (Å²) in [6.07, 6.45) is 39.5. The molecule has 0 aromatic carbocycles. The van der Waals surface area contributed by atoms with Gasteiger partial charge in [-0.05, 0) is 57.8 Å². The molecule has 0 radical (unpaired) electrons. The van der Waals surface area contributed by atoms with Crippen molar-refractivity contribution in [2.75, 3.05) is 41.0 Å². The van der Waals surface area contributed by atoms with Crippen LogP contribution in [0.15, 0.2) is 24.3 Å². The van der Waals surface area contributed by atoms with Crippen molar-refractivity contribution in [2.45, 2.75) is 206 Å². The number of carboxylic acid groups (broad SMARTS) is 1. The van der Waals surface area contributed by atoms with Gasteiger partial charge in [0, 0.05) is 19.3 Å². The van der Waals surface area contributed by atoms with Gasteiger partial charge in [0.25, 0.3) is 0 Å². The minimum Gasteiger partial charge on any atom is -0.477 e. The Kier molecular flexibility index (Phi) is 35.2. The van der Waals surface area contributed by atoms with Gasteiger partial charge in [0.15, 0.2) is 12.1 Å². The number of nitrogens with zero attached hydrogens (tertiary/aromatic N) is 1. The molecule has 8 heteroatoms. The summed E-state index contributed by atoms with van der Waals surface area (Å²) in [4.78, 5) is 36.8. The summed E-state index contributed by atoms with van der Waals surface area (Å²) in [5, 5.41) is 9.59. The van der Waals surface area contributed by atoms with Crippen LogP contribution in [0.5, 0.6) is 0 Å². The minimum absolute atomic E-state index is 0.0509. The first-order chi connectivity index (χ1) is 25.6. The molecule has 2 atom stereocenters. The van der Waals surface area contributed by atoms with Gasteiger partial charge < -0.3 is 23.8 Å². The first-order valence-corrected chi connectivity index (χ1v) is 21.9. The lowest BCUT2D eigenvalue weighted by molar-refractivity contribution is -0.887. The van der Waals surface area contributed by atoms with Crippen LogP contribution in [-0.2, 0) is 28.6 Å². The summed E-state index contributed by atoms with van der Waals surface area (Å²) in [6, 6.07) is -0.616. The number of ether oxygens (including phenoxy) is 3. The largest absolute Gasteiger partial charge is 0.477 e. The molecule has 0 saturated carbocycles. The summed E-state index contributed by atoms with van der Waals surface area (Å²) in [5.41, 5.74) is 0. The lowest BCUT2D eigenvalue weighted by Crippen LogP contribution is -2.50. The molecule has 2 unspecified atom stereocenters. The van der Waals surface area contributed by atoms with Crippen molar-refractivity contribution in [3.05, 3.63) is 24.3 Å². The van der Waals surface area contributed by atoms with Crippen molar-refractivity contribution in [3.63, 3.8) is 0 Å². The maximum Gasteiger partial charge on any atom is 0.362 e. The maximum atomic E-state index is 12.6. The molecule has 1 N–H and O–H groups in total. The second kappa shape index (κ2) is 36.8. The van der Waals surface area contributed by atoms with Crippen molar-refractivity contribution in [2.24, 2.45) is 0 Å². The van der Waals surface area contributed by atoms with E-state index >= 15 is 0 Å². The molecule has 0 bridgehead atoms. The number of quaternary nitrogens is 1. The van der Waals surface area contributed by atoms with Crippen molar-refractivity contribution < 1.29 is 38.2 Å². The standard InChI is InChI=1S/C45H83NO7/c1-6-8-10-12-14-16-17-18-19-20-21-22-23-24-25-26-28-29-31-33-35-43(47)52-40-41(39-51-38-37-42(45(49)50)46(3,4)5)53-44(48)36-34-32-30-27-15-13-11-9-7-2/h21-22,27,30,41-42H,6-20,23-26,28-29,31-40H2,1-5H3/p+1/b22-21+,30-27+. The van der Waals surface area contributed by atoms with E-state index in [-0.39, 0.29) is 42.7 Å². The van der Waals surface area contributed by atoms with Gasteiger partial charge in [0.2, 0.25) is 0 Å². The lowest BCUT2D eigenvalue weighted by Gasteiger charge is -2.31. The van der Waals surface area contributed by atoms with Crippen molar-refractivity contribution in [3.8, 4) is 0 Å². The molecule has 0 saturated heterocycles. The fourth-order valence-electron chi connectivity index (χ4n) is 6.38. The van der Waals surface area contributed by atoms with Crippen LogP contribution in [0.3, 0.4) is 0 Å². The molecule has 0 heterocycles. The van der Waals surface area contributed by atoms with Gasteiger partial charge in [-0.3, -0.25) is 9.59 Å². The van der Waals surface area contributed by atoms with Crippen molar-refractivity contribution >= 4 is 17.9 Å². The first-order valence-electron chi connectivity index (χ1n) is 21.9. The highest BCUT2D eigenvalue weighted by Gasteiger charge is 2.31. The van der Waals surface area contributed by atoms with E-state index in [2.05, 4.69) is 38.2 Å². The molecule has 0 fully saturated rings. The normalized spacial score (nSPS) is 13.2. The van der Waals surface area contributed by atoms with E-state index in [1.807, 2.05) is 21.1 Å². The SMILES string of the molecule is CCCCCC/C=C/CCCC(=O)OC(COCCC(C(=O)O)[N+](C)(C)C)COC(=O)CCCCCCCCC/C=C/CCCCCCCCCCC. The van der Waals surface area contributed by atoms with Gasteiger partial charge in [0.1, 0.15) is 6.61 Å². The van der Waals surface area contributed by atoms with E-state index in [1.54, 1.807) is 0 Å². The highest BCUT2D eigenvalue weighted by Crippen LogP contribution is 2.14. The Balaban J connectivity index is 4.24. The topological polar surface area (TPSA) is 99.1 Å². The van der Waals surface area contributed by atoms with Crippen LogP contribution in [0.2, 0.25) is 0 Å². The fourth-order valence-corrected chi connectivity index (χ4v) is 6.38. The van der Waals surface area contributed by atoms with E-state index in [4.69, 9.17) is 14.2 Å². The van der Waals surface area contributed by atoms with Crippen molar-refractivity contribution in [1.29, 1.82) is 0 Å². The Morgan fingerprint density at radius 3 is 1.43 bits per heavy atom. The average Bonchev–Trinajstić information content (AvgIpc) is 3.11. The minimum atomic E-state index is -0.879. The van der Waals surface area contributed by atoms with Crippen molar-refractivity contribution in [1.82, 2.24) is 0 Å². The molecule has 8 nitrogen and oxygen atoms in total. The van der Waals surface area contributed by atoms with Gasteiger partial charge in [-0.15, -0.1) is 0 Å². The molecule has 0 rings (SSSR count). The van der Waals surface area contributed by atoms with Gasteiger partial charge in [-0.1, -0.05) is 141 Å². The molecule has 0 aliphatic carbocycles. The number of hydrogen-bond acceptors (Lipinski definition) is 6. The van der Waals surface area contributed by atoms with E-state index < -0.39 is 18.1 Å². The predicted octanol–water partition coefficient (Wildman–Crippen LogP) is 11.7. The monoisotopic (exact) mass is 751 g/mol. The Bertz CT molecular complexity index is 926. The summed E-state index contributed by atoms with van der Waals surface area (Å²) >= 11 is 0. The number of aliphatic carboxylic acids is 1. The molecule has 0 aliphatic rings. The molecule has 53 heavy (non-hydrogen) atoms. The Morgan fingerprint density at radius 2 is 0.962 bits per heavy atom. The van der Waals surface area contributed by atoms with Gasteiger partial charge >= 0.3 is 17.9 Å². The maximum absolute atomic E-state index is 12.6. The third-order valence-corrected chi connectivity index (χ3v) is 9.82. The lowest BCUT2D eigenvalue weighted by atomic mass is 10.1. The van der Waals surface area contributed by atoms with Crippen LogP contribution in [0.1, 0.15) is 194 Å². The number of unbranched alkanes of at least 4 members (excludes halogenated alkanes) is 21. The molecule has 0 aliphatic heterocycles. The second-order valence-corrected chi connectivity index (χ2v) is 15.9. The van der Waals surface area contributed by atoms with Gasteiger partial charge in [-0.25, -0.2) is 4.79 Å². The molecular weight excluding hydrogens is 666 g/mol. The molecule has 0 aromatic rings. The molecule has 0 aromatic heterocycles. The smallest absolute Gasteiger partial charge is 0.362 e. The summed E-state index contributed by atoms with van der Waals surface area (Å²) < 4.78 is 17.2. The highest BCUT2D eigenvalue weighted by atomic mass is 16.6. The van der Waals surface area contributed by atoms with Crippen LogP contribution in [0.25, 0.3) is 0 Å². The Morgan fingerprint density at radius 1 is 0.547 bits per heavy atom. The predicted molar refractivity (Wildman–Crippen MR) is 220 cm³/mol. The summed E-state index contributed by atoms with van der Waals surface area (Å²) in [5.74, 6) is -1.51. The molecule has 0 spiro atoms. The highest BCUT2D eigenvalue weighted by molar-refractivity contribution is 5.72. The van der Waals surface area contributed by atoms with Gasteiger partial charge in [-0.2, -0.15) is 0 Å². The van der Waals surface area contributed by atoms with Gasteiger partial charge in [0.05, 0.1) is 34.4 Å². The van der Waals surface area contributed by atoms with E-state index in [1.165, 1.54) is 122 Å². The second-order valence-electron chi connectivity index (χ2n) is 15.9. The summed E-state index contributed by atoms with van der Waals surface area (Å²) in [6.45, 7) is 4.67. The zero-order valence-corrected chi connectivity index (χ0v) is 35.2. The van der Waals surface area contributed by atoms with Crippen LogP contribution in [0, 0.1) is 0 Å². The average molecular weight is 751 g/mol. The van der Waals surface area contributed by atoms with E-state index in [0.717, 1.165) is 32.1 Å².